The second-order valence-electron chi connectivity index (χ2n) is 6.39. The highest BCUT2D eigenvalue weighted by Gasteiger charge is 2.13. The minimum atomic E-state index is 0.390. The molecule has 7 heteroatoms. The third kappa shape index (κ3) is 6.07. The number of rotatable bonds is 9. The van der Waals surface area contributed by atoms with E-state index in [1.165, 1.54) is 0 Å². The van der Waals surface area contributed by atoms with Crippen LogP contribution in [0.4, 0.5) is 0 Å². The van der Waals surface area contributed by atoms with Crippen LogP contribution in [-0.4, -0.2) is 56.4 Å². The minimum Gasteiger partial charge on any atom is -0.493 e. The smallest absolute Gasteiger partial charge is 0.180 e. The number of morpholine rings is 1. The summed E-state index contributed by atoms with van der Waals surface area (Å²) in [5, 5.41) is 4.00. The summed E-state index contributed by atoms with van der Waals surface area (Å²) in [5.74, 6) is 1.19. The number of methoxy groups -OCH3 is 1. The summed E-state index contributed by atoms with van der Waals surface area (Å²) in [6, 6.07) is 7.72. The quantitative estimate of drug-likeness (QED) is 0.663. The van der Waals surface area contributed by atoms with Crippen molar-refractivity contribution in [2.45, 2.75) is 13.2 Å². The summed E-state index contributed by atoms with van der Waals surface area (Å²) in [6.07, 6.45) is 3.51. The molecule has 27 heavy (non-hydrogen) atoms. The number of benzene rings is 1. The molecule has 1 aromatic carbocycles. The van der Waals surface area contributed by atoms with E-state index in [1.807, 2.05) is 24.3 Å². The van der Waals surface area contributed by atoms with Crippen LogP contribution < -0.4 is 14.8 Å². The van der Waals surface area contributed by atoms with Gasteiger partial charge >= 0.3 is 0 Å². The van der Waals surface area contributed by atoms with Crippen LogP contribution in [0.15, 0.2) is 36.7 Å². The van der Waals surface area contributed by atoms with Gasteiger partial charge in [0.1, 0.15) is 6.61 Å². The first-order valence-electron chi connectivity index (χ1n) is 9.15. The van der Waals surface area contributed by atoms with Crippen LogP contribution in [0.3, 0.4) is 0 Å². The molecule has 2 heterocycles. The molecule has 0 bridgehead atoms. The van der Waals surface area contributed by atoms with Gasteiger partial charge in [-0.25, -0.2) is 0 Å². The lowest BCUT2D eigenvalue weighted by molar-refractivity contribution is 0.0384. The normalized spacial score (nSPS) is 14.9. The second-order valence-corrected chi connectivity index (χ2v) is 6.80. The van der Waals surface area contributed by atoms with E-state index in [4.69, 9.17) is 25.8 Å². The van der Waals surface area contributed by atoms with Crippen LogP contribution in [0.2, 0.25) is 5.02 Å². The van der Waals surface area contributed by atoms with Gasteiger partial charge in [0.05, 0.1) is 25.3 Å². The van der Waals surface area contributed by atoms with Crippen molar-refractivity contribution < 1.29 is 14.2 Å². The topological polar surface area (TPSA) is 55.9 Å². The van der Waals surface area contributed by atoms with Crippen molar-refractivity contribution in [3.8, 4) is 11.5 Å². The maximum Gasteiger partial charge on any atom is 0.180 e. The standard InChI is InChI=1S/C20H26ClN3O3/c1-25-19-12-17(14-23-5-6-24-7-9-26-10-8-24)11-18(21)20(19)27-15-16-3-2-4-22-13-16/h2-4,11-13,23H,5-10,14-15H2,1H3. The summed E-state index contributed by atoms with van der Waals surface area (Å²) in [6.45, 7) is 6.71. The van der Waals surface area contributed by atoms with Crippen molar-refractivity contribution in [1.29, 1.82) is 0 Å². The van der Waals surface area contributed by atoms with Gasteiger partial charge in [0.15, 0.2) is 11.5 Å². The Morgan fingerprint density at radius 2 is 2.11 bits per heavy atom. The number of nitrogens with one attached hydrogen (secondary N) is 1. The third-order valence-corrected chi connectivity index (χ3v) is 4.71. The molecule has 146 valence electrons. The van der Waals surface area contributed by atoms with Crippen molar-refractivity contribution in [2.75, 3.05) is 46.5 Å². The summed E-state index contributed by atoms with van der Waals surface area (Å²) in [7, 11) is 1.62. The number of halogens is 1. The van der Waals surface area contributed by atoms with E-state index >= 15 is 0 Å². The lowest BCUT2D eigenvalue weighted by Crippen LogP contribution is -2.40. The van der Waals surface area contributed by atoms with Gasteiger partial charge in [0, 0.05) is 50.7 Å². The van der Waals surface area contributed by atoms with Gasteiger partial charge in [0.25, 0.3) is 0 Å². The van der Waals surface area contributed by atoms with Crippen LogP contribution in [-0.2, 0) is 17.9 Å². The fourth-order valence-electron chi connectivity index (χ4n) is 2.95. The zero-order chi connectivity index (χ0) is 18.9. The minimum absolute atomic E-state index is 0.390. The Labute approximate surface area is 165 Å². The molecular formula is C20H26ClN3O3. The highest BCUT2D eigenvalue weighted by Crippen LogP contribution is 2.36. The van der Waals surface area contributed by atoms with E-state index in [0.29, 0.717) is 23.1 Å². The fourth-order valence-corrected chi connectivity index (χ4v) is 3.24. The molecule has 0 amide bonds. The largest absolute Gasteiger partial charge is 0.493 e. The van der Waals surface area contributed by atoms with Gasteiger partial charge in [-0.15, -0.1) is 0 Å². The molecule has 2 aromatic rings. The van der Waals surface area contributed by atoms with Crippen LogP contribution in [0.25, 0.3) is 0 Å². The van der Waals surface area contributed by atoms with Gasteiger partial charge in [0.2, 0.25) is 0 Å². The SMILES string of the molecule is COc1cc(CNCCN2CCOCC2)cc(Cl)c1OCc1cccnc1. The van der Waals surface area contributed by atoms with Crippen LogP contribution in [0.1, 0.15) is 11.1 Å². The lowest BCUT2D eigenvalue weighted by Gasteiger charge is -2.26. The van der Waals surface area contributed by atoms with Gasteiger partial charge in [-0.1, -0.05) is 17.7 Å². The summed E-state index contributed by atoms with van der Waals surface area (Å²) in [5.41, 5.74) is 2.04. The Bertz CT molecular complexity index is 709. The van der Waals surface area contributed by atoms with E-state index < -0.39 is 0 Å². The van der Waals surface area contributed by atoms with Gasteiger partial charge in [-0.05, 0) is 23.8 Å². The van der Waals surface area contributed by atoms with Gasteiger partial charge < -0.3 is 19.5 Å². The molecule has 1 saturated heterocycles. The predicted octanol–water partition coefficient (Wildman–Crippen LogP) is 2.74. The van der Waals surface area contributed by atoms with Gasteiger partial charge in [-0.2, -0.15) is 0 Å². The fraction of sp³-hybridized carbons (Fsp3) is 0.450. The zero-order valence-corrected chi connectivity index (χ0v) is 16.4. The highest BCUT2D eigenvalue weighted by atomic mass is 35.5. The number of ether oxygens (including phenoxy) is 3. The molecule has 1 fully saturated rings. The molecule has 1 aliphatic heterocycles. The third-order valence-electron chi connectivity index (χ3n) is 4.43. The average Bonchev–Trinajstić information content (AvgIpc) is 2.71. The molecular weight excluding hydrogens is 366 g/mol. The maximum absolute atomic E-state index is 6.44. The Balaban J connectivity index is 1.53. The maximum atomic E-state index is 6.44. The van der Waals surface area contributed by atoms with E-state index in [9.17, 15) is 0 Å². The first kappa shape index (κ1) is 19.9. The Morgan fingerprint density at radius 1 is 1.26 bits per heavy atom. The molecule has 0 spiro atoms. The monoisotopic (exact) mass is 391 g/mol. The highest BCUT2D eigenvalue weighted by molar-refractivity contribution is 6.32. The molecule has 3 rings (SSSR count). The molecule has 0 atom stereocenters. The summed E-state index contributed by atoms with van der Waals surface area (Å²) >= 11 is 6.44. The first-order chi connectivity index (χ1) is 13.3. The number of hydrogen-bond donors (Lipinski definition) is 1. The van der Waals surface area contributed by atoms with E-state index in [1.54, 1.807) is 19.5 Å². The van der Waals surface area contributed by atoms with E-state index in [0.717, 1.165) is 57.1 Å². The zero-order valence-electron chi connectivity index (χ0n) is 15.6. The molecule has 1 N–H and O–H groups in total. The molecule has 0 aliphatic carbocycles. The van der Waals surface area contributed by atoms with Crippen LogP contribution in [0, 0.1) is 0 Å². The number of pyridine rings is 1. The van der Waals surface area contributed by atoms with E-state index in [-0.39, 0.29) is 0 Å². The Kier molecular flexibility index (Phi) is 7.71. The van der Waals surface area contributed by atoms with Crippen molar-refractivity contribution in [3.63, 3.8) is 0 Å². The molecule has 0 saturated carbocycles. The van der Waals surface area contributed by atoms with Crippen molar-refractivity contribution >= 4 is 11.6 Å². The molecule has 1 aliphatic rings. The summed E-state index contributed by atoms with van der Waals surface area (Å²) in [4.78, 5) is 6.49. The Morgan fingerprint density at radius 3 is 2.85 bits per heavy atom. The average molecular weight is 392 g/mol. The summed E-state index contributed by atoms with van der Waals surface area (Å²) < 4.78 is 16.7. The van der Waals surface area contributed by atoms with Crippen LogP contribution in [0.5, 0.6) is 11.5 Å². The molecule has 1 aromatic heterocycles. The van der Waals surface area contributed by atoms with Crippen molar-refractivity contribution in [1.82, 2.24) is 15.2 Å². The van der Waals surface area contributed by atoms with Crippen molar-refractivity contribution in [2.24, 2.45) is 0 Å². The van der Waals surface area contributed by atoms with Gasteiger partial charge in [-0.3, -0.25) is 9.88 Å². The van der Waals surface area contributed by atoms with Crippen LogP contribution >= 0.6 is 11.6 Å². The van der Waals surface area contributed by atoms with E-state index in [2.05, 4.69) is 15.2 Å². The number of nitrogens with zero attached hydrogens (tertiary/aromatic N) is 2. The predicted molar refractivity (Wildman–Crippen MR) is 106 cm³/mol. The number of aromatic nitrogens is 1. The second kappa shape index (κ2) is 10.5. The Hall–Kier alpha value is -1.86. The molecule has 0 radical (unpaired) electrons. The van der Waals surface area contributed by atoms with Crippen molar-refractivity contribution in [3.05, 3.63) is 52.8 Å². The lowest BCUT2D eigenvalue weighted by atomic mass is 10.2. The number of hydrogen-bond acceptors (Lipinski definition) is 6. The molecule has 0 unspecified atom stereocenters. The molecule has 6 nitrogen and oxygen atoms in total. The first-order valence-corrected chi connectivity index (χ1v) is 9.53.